The van der Waals surface area contributed by atoms with Gasteiger partial charge in [-0.1, -0.05) is 18.2 Å². The summed E-state index contributed by atoms with van der Waals surface area (Å²) in [5.74, 6) is -1.21. The van der Waals surface area contributed by atoms with E-state index in [1.807, 2.05) is 30.3 Å². The van der Waals surface area contributed by atoms with Crippen molar-refractivity contribution >= 4 is 60.4 Å². The summed E-state index contributed by atoms with van der Waals surface area (Å²) >= 11 is 6.60. The van der Waals surface area contributed by atoms with Gasteiger partial charge in [-0.15, -0.1) is 0 Å². The molecule has 2 aromatic carbocycles. The number of halogens is 2. The first kappa shape index (κ1) is 30.6. The van der Waals surface area contributed by atoms with Gasteiger partial charge < -0.3 is 32.5 Å². The van der Waals surface area contributed by atoms with Crippen LogP contribution in [0.4, 0.5) is 0 Å². The minimum atomic E-state index is -1.17. The van der Waals surface area contributed by atoms with E-state index in [2.05, 4.69) is 42.2 Å². The van der Waals surface area contributed by atoms with Gasteiger partial charge in [0, 0.05) is 44.2 Å². The molecule has 0 radical (unpaired) electrons. The smallest absolute Gasteiger partial charge is 0.238 e. The van der Waals surface area contributed by atoms with Crippen LogP contribution in [0.25, 0.3) is 10.9 Å². The van der Waals surface area contributed by atoms with E-state index in [0.717, 1.165) is 10.9 Å². The van der Waals surface area contributed by atoms with Gasteiger partial charge in [-0.25, -0.2) is 0 Å². The maximum atomic E-state index is 13.5. The minimum absolute atomic E-state index is 0.0212. The average molecular weight is 664 g/mol. The second-order valence-electron chi connectivity index (χ2n) is 9.12. The molecule has 0 aliphatic heterocycles. The fourth-order valence-electron chi connectivity index (χ4n) is 4.12. The van der Waals surface area contributed by atoms with Gasteiger partial charge in [0.15, 0.2) is 5.78 Å². The lowest BCUT2D eigenvalue weighted by Crippen LogP contribution is -2.51. The van der Waals surface area contributed by atoms with E-state index in [9.17, 15) is 19.5 Å². The number of para-hydroxylation sites is 1. The number of phenolic OH excluding ortho intramolecular Hbond substituents is 1. The van der Waals surface area contributed by atoms with E-state index in [4.69, 9.17) is 17.2 Å². The molecule has 0 aliphatic rings. The summed E-state index contributed by atoms with van der Waals surface area (Å²) in [6.07, 6.45) is 1.55. The molecule has 2 amide bonds. The SMILES string of the molecule is NCCN(CCN)C(=O)C[C@H](N)C(=O)N[C@@H](Cc1cc(Br)c(O)c(Br)c1)C(=O)Cc1cnc2ccccc2c1. The zero-order valence-corrected chi connectivity index (χ0v) is 24.4. The Morgan fingerprint density at radius 3 is 2.28 bits per heavy atom. The standard InChI is InChI=1S/C27H32Br2N6O4/c28-19-10-16(11-20(29)26(19)38)12-23(24(36)13-17-9-18-3-1-2-4-22(18)33-15-17)34-27(39)21(32)14-25(37)35(7-5-30)8-6-31/h1-4,9-11,15,21,23,38H,5-8,12-14,30-32H2,(H,34,39)/t21-,23-/m0/s1. The largest absolute Gasteiger partial charge is 0.506 e. The van der Waals surface area contributed by atoms with Gasteiger partial charge in [0.05, 0.1) is 33.0 Å². The summed E-state index contributed by atoms with van der Waals surface area (Å²) in [6, 6.07) is 10.7. The lowest BCUT2D eigenvalue weighted by atomic mass is 9.97. The average Bonchev–Trinajstić information content (AvgIpc) is 2.90. The number of amides is 2. The molecular weight excluding hydrogens is 632 g/mol. The van der Waals surface area contributed by atoms with Crippen LogP contribution in [-0.2, 0) is 27.2 Å². The molecule has 0 spiro atoms. The Bertz CT molecular complexity index is 1310. The number of aromatic nitrogens is 1. The highest BCUT2D eigenvalue weighted by atomic mass is 79.9. The number of nitrogens with zero attached hydrogens (tertiary/aromatic N) is 2. The number of Topliss-reactive ketones (excluding diaryl/α,β-unsaturated/α-hetero) is 1. The molecule has 8 N–H and O–H groups in total. The Kier molecular flexibility index (Phi) is 11.4. The van der Waals surface area contributed by atoms with Gasteiger partial charge in [0.1, 0.15) is 5.75 Å². The predicted octanol–water partition coefficient (Wildman–Crippen LogP) is 1.77. The van der Waals surface area contributed by atoms with Crippen molar-refractivity contribution in [1.29, 1.82) is 0 Å². The first-order valence-corrected chi connectivity index (χ1v) is 14.0. The molecule has 0 unspecified atom stereocenters. The number of nitrogens with two attached hydrogens (primary N) is 3. The fraction of sp³-hybridized carbons (Fsp3) is 0.333. The van der Waals surface area contributed by atoms with Crippen molar-refractivity contribution in [2.75, 3.05) is 26.2 Å². The van der Waals surface area contributed by atoms with Crippen LogP contribution in [0.5, 0.6) is 5.75 Å². The first-order chi connectivity index (χ1) is 18.6. The number of ketones is 1. The molecule has 10 nitrogen and oxygen atoms in total. The molecule has 1 heterocycles. The molecule has 2 atom stereocenters. The third-order valence-corrected chi connectivity index (χ3v) is 7.34. The fourth-order valence-corrected chi connectivity index (χ4v) is 5.40. The molecule has 1 aromatic heterocycles. The topological polar surface area (TPSA) is 178 Å². The van der Waals surface area contributed by atoms with Crippen LogP contribution in [0, 0.1) is 0 Å². The second-order valence-corrected chi connectivity index (χ2v) is 10.8. The van der Waals surface area contributed by atoms with E-state index >= 15 is 0 Å². The maximum Gasteiger partial charge on any atom is 0.238 e. The van der Waals surface area contributed by atoms with Crippen molar-refractivity contribution in [2.24, 2.45) is 17.2 Å². The van der Waals surface area contributed by atoms with Crippen LogP contribution < -0.4 is 22.5 Å². The monoisotopic (exact) mass is 662 g/mol. The lowest BCUT2D eigenvalue weighted by Gasteiger charge is -2.24. The molecule has 0 saturated heterocycles. The zero-order chi connectivity index (χ0) is 28.5. The van der Waals surface area contributed by atoms with Crippen LogP contribution in [0.2, 0.25) is 0 Å². The van der Waals surface area contributed by atoms with E-state index in [1.165, 1.54) is 4.90 Å². The summed E-state index contributed by atoms with van der Waals surface area (Å²) in [5.41, 5.74) is 19.4. The second kappa shape index (κ2) is 14.5. The van der Waals surface area contributed by atoms with Crippen molar-refractivity contribution in [2.45, 2.75) is 31.3 Å². The molecule has 0 aliphatic carbocycles. The molecule has 3 aromatic rings. The predicted molar refractivity (Wildman–Crippen MR) is 157 cm³/mol. The molecule has 0 saturated carbocycles. The summed E-state index contributed by atoms with van der Waals surface area (Å²) in [6.45, 7) is 1.11. The molecule has 3 rings (SSSR count). The number of hydrogen-bond donors (Lipinski definition) is 5. The highest BCUT2D eigenvalue weighted by Crippen LogP contribution is 2.33. The molecule has 0 fully saturated rings. The van der Waals surface area contributed by atoms with Gasteiger partial charge in [0.2, 0.25) is 11.8 Å². The normalized spacial score (nSPS) is 12.6. The summed E-state index contributed by atoms with van der Waals surface area (Å²) < 4.78 is 0.871. The highest BCUT2D eigenvalue weighted by Gasteiger charge is 2.27. The van der Waals surface area contributed by atoms with Gasteiger partial charge in [-0.2, -0.15) is 0 Å². The Balaban J connectivity index is 1.79. The first-order valence-electron chi connectivity index (χ1n) is 12.4. The molecule has 0 bridgehead atoms. The maximum absolute atomic E-state index is 13.5. The van der Waals surface area contributed by atoms with E-state index < -0.39 is 18.0 Å². The number of carbonyl (C=O) groups is 3. The molecule has 208 valence electrons. The number of pyridine rings is 1. The van der Waals surface area contributed by atoms with Crippen molar-refractivity contribution in [3.05, 3.63) is 68.7 Å². The number of benzene rings is 2. The van der Waals surface area contributed by atoms with E-state index in [-0.39, 0.29) is 49.8 Å². The van der Waals surface area contributed by atoms with Crippen LogP contribution in [0.15, 0.2) is 57.6 Å². The zero-order valence-electron chi connectivity index (χ0n) is 21.3. The van der Waals surface area contributed by atoms with Crippen molar-refractivity contribution in [1.82, 2.24) is 15.2 Å². The number of phenols is 1. The molecule has 12 heteroatoms. The van der Waals surface area contributed by atoms with Gasteiger partial charge in [-0.3, -0.25) is 19.4 Å². The van der Waals surface area contributed by atoms with Crippen LogP contribution in [-0.4, -0.2) is 70.9 Å². The highest BCUT2D eigenvalue weighted by molar-refractivity contribution is 9.11. The van der Waals surface area contributed by atoms with Crippen molar-refractivity contribution in [3.63, 3.8) is 0 Å². The number of rotatable bonds is 13. The van der Waals surface area contributed by atoms with Crippen LogP contribution in [0.1, 0.15) is 17.5 Å². The molecular formula is C27H32Br2N6O4. The summed E-state index contributed by atoms with van der Waals surface area (Å²) in [5, 5.41) is 13.7. The Hall–Kier alpha value is -2.90. The van der Waals surface area contributed by atoms with Gasteiger partial charge in [-0.05, 0) is 73.7 Å². The number of carbonyl (C=O) groups excluding carboxylic acids is 3. The number of nitrogens with one attached hydrogen (secondary N) is 1. The number of fused-ring (bicyclic) bond motifs is 1. The van der Waals surface area contributed by atoms with Crippen molar-refractivity contribution in [3.8, 4) is 5.75 Å². The Morgan fingerprint density at radius 1 is 1.00 bits per heavy atom. The Morgan fingerprint density at radius 2 is 1.64 bits per heavy atom. The van der Waals surface area contributed by atoms with Crippen LogP contribution in [0.3, 0.4) is 0 Å². The minimum Gasteiger partial charge on any atom is -0.506 e. The van der Waals surface area contributed by atoms with Gasteiger partial charge in [0.25, 0.3) is 0 Å². The Labute approximate surface area is 243 Å². The summed E-state index contributed by atoms with van der Waals surface area (Å²) in [4.78, 5) is 45.1. The third-order valence-electron chi connectivity index (χ3n) is 6.13. The molecule has 39 heavy (non-hydrogen) atoms. The van der Waals surface area contributed by atoms with E-state index in [0.29, 0.717) is 33.2 Å². The number of hydrogen-bond acceptors (Lipinski definition) is 8. The quantitative estimate of drug-likeness (QED) is 0.184. The van der Waals surface area contributed by atoms with Gasteiger partial charge >= 0.3 is 0 Å². The van der Waals surface area contributed by atoms with E-state index in [1.54, 1.807) is 18.3 Å². The van der Waals surface area contributed by atoms with Crippen molar-refractivity contribution < 1.29 is 19.5 Å². The summed E-state index contributed by atoms with van der Waals surface area (Å²) in [7, 11) is 0. The lowest BCUT2D eigenvalue weighted by molar-refractivity contribution is -0.134. The van der Waals surface area contributed by atoms with Crippen LogP contribution >= 0.6 is 31.9 Å². The third kappa shape index (κ3) is 8.54. The number of aromatic hydroxyl groups is 1.